The number of hydrogen-bond acceptors (Lipinski definition) is 5. The molecule has 0 bridgehead atoms. The summed E-state index contributed by atoms with van der Waals surface area (Å²) in [5, 5.41) is 3.64. The van der Waals surface area contributed by atoms with Gasteiger partial charge in [0.1, 0.15) is 5.60 Å². The summed E-state index contributed by atoms with van der Waals surface area (Å²) in [6.45, 7) is 5.99. The van der Waals surface area contributed by atoms with Crippen LogP contribution in [0.1, 0.15) is 38.8 Å². The molecule has 0 N–H and O–H groups in total. The summed E-state index contributed by atoms with van der Waals surface area (Å²) >= 11 is 0. The number of Topliss-reactive ketones (excluding diaryl/α,β-unsaturated/α-hetero) is 1. The first kappa shape index (κ1) is 21.2. The van der Waals surface area contributed by atoms with Gasteiger partial charge in [0.25, 0.3) is 0 Å². The number of carbonyl (C=O) groups is 2. The third-order valence-electron chi connectivity index (χ3n) is 2.73. The summed E-state index contributed by atoms with van der Waals surface area (Å²) in [6, 6.07) is 4.61. The average Bonchev–Trinajstić information content (AvgIpc) is 2.51. The molecule has 0 aliphatic carbocycles. The Morgan fingerprint density at radius 1 is 1.19 bits per heavy atom. The van der Waals surface area contributed by atoms with Crippen molar-refractivity contribution in [2.24, 2.45) is 5.16 Å². The van der Waals surface area contributed by atoms with E-state index in [2.05, 4.69) is 11.1 Å². The van der Waals surface area contributed by atoms with E-state index in [-0.39, 0.29) is 17.9 Å². The maximum atomic E-state index is 12.7. The molecule has 140 valence electrons. The normalized spacial score (nSPS) is 12.0. The zero-order valence-electron chi connectivity index (χ0n) is 14.7. The molecule has 0 saturated carbocycles. The molecule has 8 heteroatoms. The van der Waals surface area contributed by atoms with E-state index < -0.39 is 29.1 Å². The minimum absolute atomic E-state index is 0.205. The van der Waals surface area contributed by atoms with E-state index in [1.54, 1.807) is 20.8 Å². The molecule has 26 heavy (non-hydrogen) atoms. The smallest absolute Gasteiger partial charge is 0.416 e. The zero-order chi connectivity index (χ0) is 20.0. The molecule has 0 fully saturated rings. The second-order valence-corrected chi connectivity index (χ2v) is 6.16. The molecule has 1 rings (SSSR count). The number of oxime groups is 1. The largest absolute Gasteiger partial charge is 0.453 e. The predicted molar refractivity (Wildman–Crippen MR) is 88.2 cm³/mol. The minimum Gasteiger partial charge on any atom is -0.453 e. The molecule has 5 nitrogen and oxygen atoms in total. The number of ketones is 1. The fourth-order valence-electron chi connectivity index (χ4n) is 1.63. The number of carbonyl (C=O) groups excluding carboxylic acids is 2. The van der Waals surface area contributed by atoms with E-state index in [0.717, 1.165) is 12.1 Å². The number of benzene rings is 1. The minimum atomic E-state index is -4.45. The summed E-state index contributed by atoms with van der Waals surface area (Å²) in [7, 11) is 0. The van der Waals surface area contributed by atoms with Gasteiger partial charge in [0.05, 0.1) is 11.3 Å². The third-order valence-corrected chi connectivity index (χ3v) is 2.73. The number of nitrogens with zero attached hydrogens (tertiary/aromatic N) is 1. The highest BCUT2D eigenvalue weighted by molar-refractivity contribution is 6.40. The van der Waals surface area contributed by atoms with Gasteiger partial charge in [0.2, 0.25) is 0 Å². The second-order valence-electron chi connectivity index (χ2n) is 6.16. The van der Waals surface area contributed by atoms with Crippen LogP contribution in [0.15, 0.2) is 29.4 Å². The molecule has 0 radical (unpaired) electrons. The Kier molecular flexibility index (Phi) is 6.95. The van der Waals surface area contributed by atoms with Crippen LogP contribution in [0.2, 0.25) is 0 Å². The van der Waals surface area contributed by atoms with Crippen molar-refractivity contribution in [2.45, 2.75) is 39.5 Å². The highest BCUT2D eigenvalue weighted by Crippen LogP contribution is 2.29. The van der Waals surface area contributed by atoms with Gasteiger partial charge in [-0.05, 0) is 51.3 Å². The monoisotopic (exact) mass is 369 g/mol. The maximum absolute atomic E-state index is 12.7. The van der Waals surface area contributed by atoms with Gasteiger partial charge in [-0.25, -0.2) is 4.79 Å². The van der Waals surface area contributed by atoms with Crippen LogP contribution in [-0.2, 0) is 25.3 Å². The predicted octanol–water partition coefficient (Wildman–Crippen LogP) is 3.36. The highest BCUT2D eigenvalue weighted by Gasteiger charge is 2.30. The van der Waals surface area contributed by atoms with Crippen molar-refractivity contribution in [3.8, 4) is 11.8 Å². The summed E-state index contributed by atoms with van der Waals surface area (Å²) in [4.78, 5) is 27.7. The molecular formula is C18H18F3NO4. The van der Waals surface area contributed by atoms with Crippen LogP contribution in [0.25, 0.3) is 0 Å². The van der Waals surface area contributed by atoms with Gasteiger partial charge in [-0.3, -0.25) is 4.79 Å². The molecule has 1 aromatic carbocycles. The van der Waals surface area contributed by atoms with Gasteiger partial charge in [-0.1, -0.05) is 23.2 Å². The molecule has 0 amide bonds. The molecule has 0 aromatic heterocycles. The van der Waals surface area contributed by atoms with Crippen molar-refractivity contribution in [1.82, 2.24) is 0 Å². The van der Waals surface area contributed by atoms with E-state index in [4.69, 9.17) is 9.57 Å². The Labute approximate surface area is 149 Å². The topological polar surface area (TPSA) is 65.0 Å². The lowest BCUT2D eigenvalue weighted by Crippen LogP contribution is -2.28. The van der Waals surface area contributed by atoms with E-state index in [0.29, 0.717) is 0 Å². The zero-order valence-corrected chi connectivity index (χ0v) is 14.7. The first-order valence-corrected chi connectivity index (χ1v) is 7.50. The molecule has 0 spiro atoms. The van der Waals surface area contributed by atoms with Crippen LogP contribution in [-0.4, -0.2) is 29.7 Å². The van der Waals surface area contributed by atoms with E-state index in [1.807, 2.05) is 5.92 Å². The van der Waals surface area contributed by atoms with Crippen LogP contribution in [0.4, 0.5) is 13.2 Å². The van der Waals surface area contributed by atoms with Gasteiger partial charge in [-0.2, -0.15) is 13.2 Å². The number of hydrogen-bond donors (Lipinski definition) is 0. The van der Waals surface area contributed by atoms with Gasteiger partial charge in [-0.15, -0.1) is 0 Å². The lowest BCUT2D eigenvalue weighted by Gasteiger charge is -2.17. The molecule has 0 unspecified atom stereocenters. The summed E-state index contributed by atoms with van der Waals surface area (Å²) in [5.74, 6) is 2.22. The molecule has 0 atom stereocenters. The first-order chi connectivity index (χ1) is 11.9. The quantitative estimate of drug-likeness (QED) is 0.155. The van der Waals surface area contributed by atoms with Crippen LogP contribution < -0.4 is 0 Å². The highest BCUT2D eigenvalue weighted by atomic mass is 19.4. The van der Waals surface area contributed by atoms with Crippen molar-refractivity contribution in [3.63, 3.8) is 0 Å². The first-order valence-electron chi connectivity index (χ1n) is 7.50. The lowest BCUT2D eigenvalue weighted by atomic mass is 10.1. The van der Waals surface area contributed by atoms with E-state index >= 15 is 0 Å². The Balaban J connectivity index is 2.63. The van der Waals surface area contributed by atoms with Crippen LogP contribution in [0, 0.1) is 11.8 Å². The number of ether oxygens (including phenoxy) is 1. The molecular weight excluding hydrogens is 351 g/mol. The van der Waals surface area contributed by atoms with Gasteiger partial charge in [0.15, 0.2) is 6.61 Å². The van der Waals surface area contributed by atoms with Crippen molar-refractivity contribution in [2.75, 3.05) is 6.61 Å². The second kappa shape index (κ2) is 8.52. The molecule has 0 aliphatic heterocycles. The Morgan fingerprint density at radius 3 is 2.42 bits per heavy atom. The summed E-state index contributed by atoms with van der Waals surface area (Å²) in [5.41, 5.74) is -1.17. The number of alkyl halides is 3. The van der Waals surface area contributed by atoms with Crippen LogP contribution in [0.5, 0.6) is 0 Å². The van der Waals surface area contributed by atoms with Gasteiger partial charge >= 0.3 is 17.9 Å². The fraction of sp³-hybridized carbons (Fsp3) is 0.389. The van der Waals surface area contributed by atoms with Crippen molar-refractivity contribution in [3.05, 3.63) is 35.4 Å². The van der Waals surface area contributed by atoms with Crippen molar-refractivity contribution in [1.29, 1.82) is 0 Å². The van der Waals surface area contributed by atoms with Gasteiger partial charge in [0, 0.05) is 0 Å². The molecule has 0 heterocycles. The Hall–Kier alpha value is -2.82. The molecule has 0 aliphatic rings. The SMILES string of the molecule is CC(=NOCC#CC(=O)C(=O)OC(C)(C)C)c1cccc(C(F)(F)F)c1. The Morgan fingerprint density at radius 2 is 1.85 bits per heavy atom. The van der Waals surface area contributed by atoms with Crippen molar-refractivity contribution >= 4 is 17.5 Å². The Bertz CT molecular complexity index is 765. The van der Waals surface area contributed by atoms with Crippen molar-refractivity contribution < 1.29 is 32.3 Å². The van der Waals surface area contributed by atoms with Crippen LogP contribution in [0.3, 0.4) is 0 Å². The number of esters is 1. The fourth-order valence-corrected chi connectivity index (χ4v) is 1.63. The van der Waals surface area contributed by atoms with E-state index in [1.165, 1.54) is 19.1 Å². The van der Waals surface area contributed by atoms with E-state index in [9.17, 15) is 22.8 Å². The summed E-state index contributed by atoms with van der Waals surface area (Å²) < 4.78 is 42.8. The van der Waals surface area contributed by atoms with Crippen LogP contribution >= 0.6 is 0 Å². The summed E-state index contributed by atoms with van der Waals surface area (Å²) in [6.07, 6.45) is -4.45. The maximum Gasteiger partial charge on any atom is 0.416 e. The third kappa shape index (κ3) is 7.38. The number of halogens is 3. The molecule has 0 saturated heterocycles. The number of rotatable bonds is 4. The molecule has 1 aromatic rings. The van der Waals surface area contributed by atoms with Gasteiger partial charge < -0.3 is 9.57 Å². The standard InChI is InChI=1S/C18H18F3NO4/c1-12(13-7-5-8-14(11-13)18(19,20)21)22-25-10-6-9-15(23)16(24)26-17(2,3)4/h5,7-8,11H,10H2,1-4H3. The average molecular weight is 369 g/mol. The lowest BCUT2D eigenvalue weighted by molar-refractivity contribution is -0.160.